The highest BCUT2D eigenvalue weighted by Gasteiger charge is 2.09. The molecule has 0 aliphatic rings. The van der Waals surface area contributed by atoms with Crippen LogP contribution in [0.25, 0.3) is 0 Å². The van der Waals surface area contributed by atoms with E-state index in [4.69, 9.17) is 4.74 Å². The van der Waals surface area contributed by atoms with Crippen molar-refractivity contribution in [3.05, 3.63) is 0 Å². The number of carbonyl (C=O) groups excluding carboxylic acids is 1. The fraction of sp³-hybridized carbons (Fsp3) is 0.875. The van der Waals surface area contributed by atoms with E-state index in [2.05, 4.69) is 12.2 Å². The van der Waals surface area contributed by atoms with Gasteiger partial charge in [-0.15, -0.1) is 0 Å². The van der Waals surface area contributed by atoms with Crippen molar-refractivity contribution in [2.45, 2.75) is 32.8 Å². The quantitative estimate of drug-likeness (QED) is 0.606. The maximum Gasteiger partial charge on any atom is 0.248 e. The summed E-state index contributed by atoms with van der Waals surface area (Å²) in [7, 11) is 1.61. The van der Waals surface area contributed by atoms with Crippen molar-refractivity contribution in [1.82, 2.24) is 5.32 Å². The molecule has 0 aromatic rings. The van der Waals surface area contributed by atoms with Crippen LogP contribution in [0.15, 0.2) is 0 Å². The first-order valence-corrected chi connectivity index (χ1v) is 4.05. The maximum atomic E-state index is 10.9. The molecule has 3 heteroatoms. The fourth-order valence-corrected chi connectivity index (χ4v) is 0.683. The van der Waals surface area contributed by atoms with E-state index in [0.29, 0.717) is 6.61 Å². The number of carbonyl (C=O) groups is 1. The number of hydrogen-bond donors (Lipinski definition) is 1. The minimum atomic E-state index is -0.313. The van der Waals surface area contributed by atoms with E-state index in [-0.39, 0.29) is 12.0 Å². The fourth-order valence-electron chi connectivity index (χ4n) is 0.683. The van der Waals surface area contributed by atoms with Gasteiger partial charge in [0, 0.05) is 13.7 Å². The molecule has 0 heterocycles. The molecule has 0 radical (unpaired) electrons. The first-order valence-electron chi connectivity index (χ1n) is 4.05. The van der Waals surface area contributed by atoms with Crippen LogP contribution in [0.1, 0.15) is 26.7 Å². The molecule has 0 aliphatic heterocycles. The SMILES string of the molecule is CCCCOC(C)C(=O)NC. The van der Waals surface area contributed by atoms with Gasteiger partial charge >= 0.3 is 0 Å². The van der Waals surface area contributed by atoms with Gasteiger partial charge in [0.1, 0.15) is 6.10 Å². The average molecular weight is 159 g/mol. The van der Waals surface area contributed by atoms with Gasteiger partial charge < -0.3 is 10.1 Å². The summed E-state index contributed by atoms with van der Waals surface area (Å²) in [4.78, 5) is 10.9. The highest BCUT2D eigenvalue weighted by molar-refractivity contribution is 5.79. The molecule has 66 valence electrons. The van der Waals surface area contributed by atoms with Crippen LogP contribution in [0.3, 0.4) is 0 Å². The van der Waals surface area contributed by atoms with E-state index in [1.54, 1.807) is 14.0 Å². The van der Waals surface area contributed by atoms with E-state index in [9.17, 15) is 4.79 Å². The summed E-state index contributed by atoms with van der Waals surface area (Å²) in [5.41, 5.74) is 0. The number of likely N-dealkylation sites (N-methyl/N-ethyl adjacent to an activating group) is 1. The van der Waals surface area contributed by atoms with Crippen molar-refractivity contribution in [3.63, 3.8) is 0 Å². The molecule has 3 nitrogen and oxygen atoms in total. The Morgan fingerprint density at radius 1 is 1.64 bits per heavy atom. The van der Waals surface area contributed by atoms with Gasteiger partial charge in [0.2, 0.25) is 5.91 Å². The van der Waals surface area contributed by atoms with E-state index in [0.717, 1.165) is 12.8 Å². The van der Waals surface area contributed by atoms with E-state index in [1.807, 2.05) is 0 Å². The van der Waals surface area contributed by atoms with Gasteiger partial charge in [-0.2, -0.15) is 0 Å². The highest BCUT2D eigenvalue weighted by Crippen LogP contribution is 1.94. The topological polar surface area (TPSA) is 38.3 Å². The zero-order valence-electron chi connectivity index (χ0n) is 7.52. The summed E-state index contributed by atoms with van der Waals surface area (Å²) in [6.45, 7) is 4.52. The van der Waals surface area contributed by atoms with Crippen molar-refractivity contribution < 1.29 is 9.53 Å². The van der Waals surface area contributed by atoms with Gasteiger partial charge in [-0.05, 0) is 13.3 Å². The molecule has 0 spiro atoms. The third kappa shape index (κ3) is 4.79. The average Bonchev–Trinajstić information content (AvgIpc) is 2.03. The summed E-state index contributed by atoms with van der Waals surface area (Å²) >= 11 is 0. The Kier molecular flexibility index (Phi) is 5.84. The highest BCUT2D eigenvalue weighted by atomic mass is 16.5. The van der Waals surface area contributed by atoms with Crippen molar-refractivity contribution in [2.24, 2.45) is 0 Å². The smallest absolute Gasteiger partial charge is 0.248 e. The minimum absolute atomic E-state index is 0.0545. The van der Waals surface area contributed by atoms with Crippen LogP contribution in [-0.2, 0) is 9.53 Å². The summed E-state index contributed by atoms with van der Waals surface area (Å²) in [6, 6.07) is 0. The van der Waals surface area contributed by atoms with Crippen LogP contribution in [0.5, 0.6) is 0 Å². The van der Waals surface area contributed by atoms with Crippen LogP contribution in [0.4, 0.5) is 0 Å². The Bertz CT molecular complexity index is 115. The van der Waals surface area contributed by atoms with Gasteiger partial charge in [0.15, 0.2) is 0 Å². The molecular formula is C8H17NO2. The number of hydrogen-bond acceptors (Lipinski definition) is 2. The molecule has 0 saturated heterocycles. The molecule has 1 N–H and O–H groups in total. The van der Waals surface area contributed by atoms with Gasteiger partial charge in [-0.3, -0.25) is 4.79 Å². The normalized spacial score (nSPS) is 12.6. The first kappa shape index (κ1) is 10.4. The van der Waals surface area contributed by atoms with Gasteiger partial charge in [0.25, 0.3) is 0 Å². The maximum absolute atomic E-state index is 10.9. The zero-order valence-corrected chi connectivity index (χ0v) is 7.52. The number of unbranched alkanes of at least 4 members (excludes halogenated alkanes) is 1. The van der Waals surface area contributed by atoms with E-state index in [1.165, 1.54) is 0 Å². The monoisotopic (exact) mass is 159 g/mol. The molecule has 0 aromatic carbocycles. The molecule has 1 unspecified atom stereocenters. The second kappa shape index (κ2) is 6.16. The molecule has 1 amide bonds. The lowest BCUT2D eigenvalue weighted by Gasteiger charge is -2.10. The Balaban J connectivity index is 3.36. The number of rotatable bonds is 5. The van der Waals surface area contributed by atoms with E-state index >= 15 is 0 Å². The Labute approximate surface area is 68.1 Å². The second-order valence-electron chi connectivity index (χ2n) is 2.48. The zero-order chi connectivity index (χ0) is 8.69. The number of ether oxygens (including phenoxy) is 1. The summed E-state index contributed by atoms with van der Waals surface area (Å²) in [5, 5.41) is 2.53. The minimum Gasteiger partial charge on any atom is -0.369 e. The van der Waals surface area contributed by atoms with Crippen LogP contribution in [-0.4, -0.2) is 25.7 Å². The molecule has 1 atom stereocenters. The number of amides is 1. The van der Waals surface area contributed by atoms with Crippen LogP contribution < -0.4 is 5.32 Å². The standard InChI is InChI=1S/C8H17NO2/c1-4-5-6-11-7(2)8(10)9-3/h7H,4-6H2,1-3H3,(H,9,10). The van der Waals surface area contributed by atoms with Crippen molar-refractivity contribution in [2.75, 3.05) is 13.7 Å². The van der Waals surface area contributed by atoms with Crippen molar-refractivity contribution >= 4 is 5.91 Å². The summed E-state index contributed by atoms with van der Waals surface area (Å²) in [6.07, 6.45) is 1.80. The van der Waals surface area contributed by atoms with Gasteiger partial charge in [0.05, 0.1) is 0 Å². The van der Waals surface area contributed by atoms with Crippen LogP contribution in [0, 0.1) is 0 Å². The third-order valence-corrected chi connectivity index (χ3v) is 1.48. The Hall–Kier alpha value is -0.570. The summed E-state index contributed by atoms with van der Waals surface area (Å²) in [5.74, 6) is -0.0545. The summed E-state index contributed by atoms with van der Waals surface area (Å²) < 4.78 is 5.22. The Morgan fingerprint density at radius 2 is 2.27 bits per heavy atom. The molecule has 0 aliphatic carbocycles. The molecule has 0 saturated carbocycles. The molecular weight excluding hydrogens is 142 g/mol. The number of nitrogens with one attached hydrogen (secondary N) is 1. The predicted octanol–water partition coefficient (Wildman–Crippen LogP) is 0.938. The van der Waals surface area contributed by atoms with Crippen LogP contribution in [0.2, 0.25) is 0 Å². The van der Waals surface area contributed by atoms with Crippen molar-refractivity contribution in [3.8, 4) is 0 Å². The lowest BCUT2D eigenvalue weighted by Crippen LogP contribution is -2.31. The van der Waals surface area contributed by atoms with E-state index < -0.39 is 0 Å². The van der Waals surface area contributed by atoms with Gasteiger partial charge in [-0.1, -0.05) is 13.3 Å². The largest absolute Gasteiger partial charge is 0.369 e. The van der Waals surface area contributed by atoms with Crippen molar-refractivity contribution in [1.29, 1.82) is 0 Å². The first-order chi connectivity index (χ1) is 5.22. The van der Waals surface area contributed by atoms with Gasteiger partial charge in [-0.25, -0.2) is 0 Å². The lowest BCUT2D eigenvalue weighted by atomic mass is 10.3. The third-order valence-electron chi connectivity index (χ3n) is 1.48. The lowest BCUT2D eigenvalue weighted by molar-refractivity contribution is -0.131. The Morgan fingerprint density at radius 3 is 2.73 bits per heavy atom. The molecule has 0 bridgehead atoms. The van der Waals surface area contributed by atoms with Crippen LogP contribution >= 0.6 is 0 Å². The molecule has 0 aromatic heterocycles. The second-order valence-corrected chi connectivity index (χ2v) is 2.48. The predicted molar refractivity (Wildman–Crippen MR) is 44.4 cm³/mol. The molecule has 0 fully saturated rings. The molecule has 11 heavy (non-hydrogen) atoms. The molecule has 0 rings (SSSR count).